The number of hydrogen-bond donors (Lipinski definition) is 1. The van der Waals surface area contributed by atoms with Gasteiger partial charge < -0.3 is 9.84 Å². The molecule has 0 amide bonds. The van der Waals surface area contributed by atoms with Gasteiger partial charge in [-0.3, -0.25) is 9.83 Å². The fraction of sp³-hybridized carbons (Fsp3) is 0.900. The molecule has 0 aromatic heterocycles. The first-order valence-corrected chi connectivity index (χ1v) is 6.77. The quantitative estimate of drug-likeness (QED) is 0.626. The highest BCUT2D eigenvalue weighted by Gasteiger charge is 2.45. The Morgan fingerprint density at radius 1 is 1.50 bits per heavy atom. The van der Waals surface area contributed by atoms with Crippen LogP contribution in [0.2, 0.25) is 0 Å². The summed E-state index contributed by atoms with van der Waals surface area (Å²) >= 11 is 1.02. The first kappa shape index (κ1) is 15.8. The minimum Gasteiger partial charge on any atom is -0.390 e. The zero-order valence-corrected chi connectivity index (χ0v) is 11.3. The molecule has 1 fully saturated rings. The van der Waals surface area contributed by atoms with Gasteiger partial charge in [0, 0.05) is 13.5 Å². The summed E-state index contributed by atoms with van der Waals surface area (Å²) in [7, 11) is 1.40. The molecule has 1 N–H and O–H groups in total. The predicted molar refractivity (Wildman–Crippen MR) is 63.8 cm³/mol. The van der Waals surface area contributed by atoms with E-state index in [2.05, 4.69) is 4.99 Å². The molecule has 0 aromatic rings. The largest absolute Gasteiger partial charge is 0.390 e. The molecule has 4 unspecified atom stereocenters. The molecule has 2 heterocycles. The maximum atomic E-state index is 12.6. The maximum absolute atomic E-state index is 12.6. The fourth-order valence-electron chi connectivity index (χ4n) is 1.93. The van der Waals surface area contributed by atoms with Crippen molar-refractivity contribution in [2.45, 2.75) is 43.0 Å². The van der Waals surface area contributed by atoms with E-state index in [0.29, 0.717) is 0 Å². The number of hydroxylamine groups is 2. The van der Waals surface area contributed by atoms with Crippen LogP contribution in [0.4, 0.5) is 17.6 Å². The average molecular weight is 318 g/mol. The van der Waals surface area contributed by atoms with Crippen LogP contribution in [0.1, 0.15) is 6.42 Å². The van der Waals surface area contributed by atoms with Crippen LogP contribution < -0.4 is 0 Å². The Morgan fingerprint density at radius 2 is 2.20 bits per heavy atom. The molecule has 116 valence electrons. The Kier molecular flexibility index (Phi) is 5.10. The summed E-state index contributed by atoms with van der Waals surface area (Å²) < 4.78 is 54.5. The molecule has 0 bridgehead atoms. The number of amidine groups is 1. The lowest BCUT2D eigenvalue weighted by Gasteiger charge is -2.33. The van der Waals surface area contributed by atoms with E-state index in [9.17, 15) is 22.7 Å². The summed E-state index contributed by atoms with van der Waals surface area (Å²) in [5.41, 5.74) is -0.662. The first-order chi connectivity index (χ1) is 9.38. The minimum atomic E-state index is -2.79. The van der Waals surface area contributed by atoms with Gasteiger partial charge in [0.1, 0.15) is 18.1 Å². The van der Waals surface area contributed by atoms with Crippen molar-refractivity contribution in [3.05, 3.63) is 0 Å². The molecular formula is C10H14F4N2O3S. The molecule has 5 nitrogen and oxygen atoms in total. The average Bonchev–Trinajstić information content (AvgIpc) is 2.77. The molecule has 10 heteroatoms. The van der Waals surface area contributed by atoms with Crippen molar-refractivity contribution in [2.75, 3.05) is 13.7 Å². The molecular weight excluding hydrogens is 304 g/mol. The number of ether oxygens (including phenoxy) is 1. The molecule has 0 aliphatic carbocycles. The third-order valence-corrected chi connectivity index (χ3v) is 4.11. The second-order valence-electron chi connectivity index (χ2n) is 4.39. The van der Waals surface area contributed by atoms with E-state index in [0.717, 1.165) is 16.8 Å². The topological polar surface area (TPSA) is 54.3 Å². The number of fused-ring (bicyclic) bond motifs is 1. The van der Waals surface area contributed by atoms with Gasteiger partial charge in [-0.05, 0) is 0 Å². The van der Waals surface area contributed by atoms with Crippen molar-refractivity contribution in [1.29, 1.82) is 0 Å². The highest BCUT2D eigenvalue weighted by molar-refractivity contribution is 8.14. The van der Waals surface area contributed by atoms with Crippen LogP contribution in [-0.2, 0) is 9.57 Å². The molecule has 20 heavy (non-hydrogen) atoms. The van der Waals surface area contributed by atoms with E-state index in [1.807, 2.05) is 0 Å². The van der Waals surface area contributed by atoms with Crippen molar-refractivity contribution in [2.24, 2.45) is 4.99 Å². The summed E-state index contributed by atoms with van der Waals surface area (Å²) in [6.45, 7) is -0.783. The lowest BCUT2D eigenvalue weighted by molar-refractivity contribution is -0.152. The van der Waals surface area contributed by atoms with E-state index in [1.165, 1.54) is 7.05 Å². The lowest BCUT2D eigenvalue weighted by atomic mass is 10.0. The lowest BCUT2D eigenvalue weighted by Crippen LogP contribution is -2.47. The number of nitrogens with zero attached hydrogens (tertiary/aromatic N) is 2. The SMILES string of the molecule is CN(OCC(F)F)C1=NC2CC(O)C(C(F)F)OC2S1. The maximum Gasteiger partial charge on any atom is 0.266 e. The van der Waals surface area contributed by atoms with Gasteiger partial charge in [0.15, 0.2) is 5.17 Å². The number of alkyl halides is 4. The number of hydrogen-bond acceptors (Lipinski definition) is 6. The third-order valence-electron chi connectivity index (χ3n) is 2.88. The number of rotatable bonds is 4. The van der Waals surface area contributed by atoms with Gasteiger partial charge in [0.05, 0.1) is 12.1 Å². The second-order valence-corrected chi connectivity index (χ2v) is 5.45. The van der Waals surface area contributed by atoms with Crippen LogP contribution in [0.15, 0.2) is 4.99 Å². The van der Waals surface area contributed by atoms with Crippen molar-refractivity contribution in [3.63, 3.8) is 0 Å². The van der Waals surface area contributed by atoms with Crippen LogP contribution in [0.3, 0.4) is 0 Å². The zero-order chi connectivity index (χ0) is 14.9. The molecule has 0 spiro atoms. The normalized spacial score (nSPS) is 33.5. The van der Waals surface area contributed by atoms with Crippen LogP contribution >= 0.6 is 11.8 Å². The highest BCUT2D eigenvalue weighted by atomic mass is 32.2. The summed E-state index contributed by atoms with van der Waals surface area (Å²) in [6.07, 6.45) is -8.21. The van der Waals surface area contributed by atoms with Gasteiger partial charge in [-0.15, -0.1) is 0 Å². The van der Waals surface area contributed by atoms with Crippen molar-refractivity contribution >= 4 is 16.9 Å². The van der Waals surface area contributed by atoms with Crippen LogP contribution in [0.25, 0.3) is 0 Å². The van der Waals surface area contributed by atoms with Crippen molar-refractivity contribution in [3.8, 4) is 0 Å². The van der Waals surface area contributed by atoms with E-state index in [4.69, 9.17) is 9.57 Å². The second kappa shape index (κ2) is 6.46. The highest BCUT2D eigenvalue weighted by Crippen LogP contribution is 2.38. The van der Waals surface area contributed by atoms with E-state index in [1.54, 1.807) is 0 Å². The van der Waals surface area contributed by atoms with Gasteiger partial charge in [0.25, 0.3) is 12.9 Å². The van der Waals surface area contributed by atoms with Gasteiger partial charge >= 0.3 is 0 Å². The third kappa shape index (κ3) is 3.54. The van der Waals surface area contributed by atoms with Gasteiger partial charge in [-0.25, -0.2) is 22.6 Å². The number of aliphatic hydroxyl groups excluding tert-OH is 1. The first-order valence-electron chi connectivity index (χ1n) is 5.89. The number of halogens is 4. The van der Waals surface area contributed by atoms with Gasteiger partial charge in [-0.2, -0.15) is 0 Å². The molecule has 0 radical (unpaired) electrons. The summed E-state index contributed by atoms with van der Waals surface area (Å²) in [5, 5.41) is 10.9. The Morgan fingerprint density at radius 3 is 2.80 bits per heavy atom. The standard InChI is InChI=1S/C10H14F4N2O3S/c1-16(18-3-6(11)12)10-15-4-2-5(17)7(8(13)14)19-9(4)20-10/h4-9,17H,2-3H2,1H3. The summed E-state index contributed by atoms with van der Waals surface area (Å²) in [6, 6.07) is -0.488. The van der Waals surface area contributed by atoms with E-state index in [-0.39, 0.29) is 11.6 Å². The van der Waals surface area contributed by atoms with Crippen LogP contribution in [0, 0.1) is 0 Å². The van der Waals surface area contributed by atoms with E-state index >= 15 is 0 Å². The Balaban J connectivity index is 1.93. The van der Waals surface area contributed by atoms with Gasteiger partial charge in [-0.1, -0.05) is 11.8 Å². The van der Waals surface area contributed by atoms with Crippen LogP contribution in [0.5, 0.6) is 0 Å². The Hall–Kier alpha value is -0.580. The summed E-state index contributed by atoms with van der Waals surface area (Å²) in [5.74, 6) is 0. The molecule has 2 rings (SSSR count). The monoisotopic (exact) mass is 318 g/mol. The summed E-state index contributed by atoms with van der Waals surface area (Å²) in [4.78, 5) is 8.90. The number of aliphatic imine (C=N–C) groups is 1. The van der Waals surface area contributed by atoms with Crippen molar-refractivity contribution in [1.82, 2.24) is 5.06 Å². The minimum absolute atomic E-state index is 0.0405. The molecule has 0 aromatic carbocycles. The molecule has 0 saturated carbocycles. The van der Waals surface area contributed by atoms with Gasteiger partial charge in [0.2, 0.25) is 0 Å². The number of aliphatic hydroxyl groups is 1. The Bertz CT molecular complexity index is 374. The molecule has 4 atom stereocenters. The zero-order valence-electron chi connectivity index (χ0n) is 10.5. The Labute approximate surface area is 116 Å². The smallest absolute Gasteiger partial charge is 0.266 e. The molecule has 2 aliphatic heterocycles. The van der Waals surface area contributed by atoms with E-state index < -0.39 is 43.1 Å². The number of thioether (sulfide) groups is 1. The molecule has 2 aliphatic rings. The fourth-order valence-corrected chi connectivity index (χ4v) is 3.05. The van der Waals surface area contributed by atoms with Crippen molar-refractivity contribution < 1.29 is 32.2 Å². The van der Waals surface area contributed by atoms with Crippen LogP contribution in [-0.4, -0.2) is 65.5 Å². The molecule has 1 saturated heterocycles. The predicted octanol–water partition coefficient (Wildman–Crippen LogP) is 1.33.